The molecular formula is C9H19O3P. The summed E-state index contributed by atoms with van der Waals surface area (Å²) in [6.07, 6.45) is 4.17. The van der Waals surface area contributed by atoms with Crippen LogP contribution >= 0.6 is 8.15 Å². The van der Waals surface area contributed by atoms with Crippen molar-refractivity contribution in [3.63, 3.8) is 0 Å². The molecule has 0 fully saturated rings. The van der Waals surface area contributed by atoms with Crippen molar-refractivity contribution >= 4 is 14.1 Å². The van der Waals surface area contributed by atoms with Crippen molar-refractivity contribution in [1.29, 1.82) is 0 Å². The van der Waals surface area contributed by atoms with E-state index in [1.54, 1.807) is 0 Å². The highest BCUT2D eigenvalue weighted by Crippen LogP contribution is 2.33. The van der Waals surface area contributed by atoms with E-state index in [2.05, 4.69) is 13.6 Å². The number of aliphatic carboxylic acids is 1. The molecule has 78 valence electrons. The quantitative estimate of drug-likeness (QED) is 0.490. The van der Waals surface area contributed by atoms with Crippen LogP contribution in [0.3, 0.4) is 0 Å². The minimum atomic E-state index is -0.711. The Morgan fingerprint density at radius 1 is 1.46 bits per heavy atom. The number of carbonyl (C=O) groups is 1. The van der Waals surface area contributed by atoms with E-state index in [9.17, 15) is 4.79 Å². The van der Waals surface area contributed by atoms with Crippen LogP contribution in [0.15, 0.2) is 0 Å². The summed E-state index contributed by atoms with van der Waals surface area (Å²) in [5.74, 6) is -0.711. The van der Waals surface area contributed by atoms with Crippen LogP contribution in [0.5, 0.6) is 0 Å². The van der Waals surface area contributed by atoms with Crippen molar-refractivity contribution in [1.82, 2.24) is 0 Å². The third-order valence-electron chi connectivity index (χ3n) is 1.67. The largest absolute Gasteiger partial charge is 0.481 e. The topological polar surface area (TPSA) is 46.5 Å². The van der Waals surface area contributed by atoms with Gasteiger partial charge in [-0.1, -0.05) is 13.3 Å². The van der Waals surface area contributed by atoms with E-state index >= 15 is 0 Å². The summed E-state index contributed by atoms with van der Waals surface area (Å²) in [6.45, 7) is 5.02. The van der Waals surface area contributed by atoms with E-state index in [1.807, 2.05) is 0 Å². The van der Waals surface area contributed by atoms with Crippen LogP contribution in [0.2, 0.25) is 0 Å². The van der Waals surface area contributed by atoms with Gasteiger partial charge >= 0.3 is 5.97 Å². The molecule has 13 heavy (non-hydrogen) atoms. The average Bonchev–Trinajstić information content (AvgIpc) is 2.04. The highest BCUT2D eigenvalue weighted by Gasteiger charge is 2.03. The molecule has 3 nitrogen and oxygen atoms in total. The lowest BCUT2D eigenvalue weighted by Crippen LogP contribution is -1.97. The Balaban J connectivity index is 3.19. The summed E-state index contributed by atoms with van der Waals surface area (Å²) in [5.41, 5.74) is 0. The summed E-state index contributed by atoms with van der Waals surface area (Å²) < 4.78 is 5.54. The maximum atomic E-state index is 10.2. The second-order valence-corrected chi connectivity index (χ2v) is 5.00. The third kappa shape index (κ3) is 9.78. The minimum absolute atomic E-state index is 0.268. The molecule has 0 rings (SSSR count). The SMILES string of the molecule is CCCCOP(C)CCCC(=O)O. The summed E-state index contributed by atoms with van der Waals surface area (Å²) in [5, 5.41) is 8.41. The summed E-state index contributed by atoms with van der Waals surface area (Å²) in [6, 6.07) is 0. The highest BCUT2D eigenvalue weighted by atomic mass is 31.1. The van der Waals surface area contributed by atoms with Gasteiger partial charge < -0.3 is 9.63 Å². The molecule has 0 radical (unpaired) electrons. The first-order valence-electron chi connectivity index (χ1n) is 4.72. The third-order valence-corrected chi connectivity index (χ3v) is 3.24. The van der Waals surface area contributed by atoms with E-state index in [0.29, 0.717) is 0 Å². The Hall–Kier alpha value is -0.140. The standard InChI is InChI=1S/C9H19O3P/c1-3-4-7-12-13(2)8-5-6-9(10)11/h3-8H2,1-2H3,(H,10,11). The molecule has 1 N–H and O–H groups in total. The van der Waals surface area contributed by atoms with Gasteiger partial charge in [-0.25, -0.2) is 0 Å². The number of carboxylic acid groups (broad SMARTS) is 1. The first-order valence-corrected chi connectivity index (χ1v) is 6.62. The zero-order chi connectivity index (χ0) is 10.1. The summed E-state index contributed by atoms with van der Waals surface area (Å²) in [4.78, 5) is 10.2. The zero-order valence-electron chi connectivity index (χ0n) is 8.45. The normalized spacial score (nSPS) is 12.8. The Bertz CT molecular complexity index is 139. The van der Waals surface area contributed by atoms with Gasteiger partial charge in [0.2, 0.25) is 0 Å². The molecule has 0 aliphatic carbocycles. The molecule has 0 aromatic rings. The molecule has 0 spiro atoms. The summed E-state index contributed by atoms with van der Waals surface area (Å²) >= 11 is 0. The first kappa shape index (κ1) is 12.9. The van der Waals surface area contributed by atoms with E-state index in [-0.39, 0.29) is 14.6 Å². The molecule has 4 heteroatoms. The maximum Gasteiger partial charge on any atom is 0.303 e. The van der Waals surface area contributed by atoms with Crippen molar-refractivity contribution in [2.45, 2.75) is 32.6 Å². The van der Waals surface area contributed by atoms with Crippen LogP contribution in [0.1, 0.15) is 32.6 Å². The van der Waals surface area contributed by atoms with E-state index < -0.39 is 5.97 Å². The van der Waals surface area contributed by atoms with Gasteiger partial charge in [-0.2, -0.15) is 0 Å². The molecule has 0 amide bonds. The molecule has 1 unspecified atom stereocenters. The number of carboxylic acids is 1. The van der Waals surface area contributed by atoms with E-state index in [0.717, 1.165) is 32.0 Å². The second-order valence-electron chi connectivity index (χ2n) is 3.04. The molecule has 0 aromatic heterocycles. The lowest BCUT2D eigenvalue weighted by molar-refractivity contribution is -0.137. The monoisotopic (exact) mass is 206 g/mol. The fourth-order valence-electron chi connectivity index (χ4n) is 0.882. The lowest BCUT2D eigenvalue weighted by Gasteiger charge is -2.11. The summed E-state index contributed by atoms with van der Waals surface area (Å²) in [7, 11) is -0.386. The van der Waals surface area contributed by atoms with Crippen LogP contribution in [0.25, 0.3) is 0 Å². The van der Waals surface area contributed by atoms with Crippen LogP contribution in [-0.4, -0.2) is 30.5 Å². The molecule has 0 aromatic carbocycles. The van der Waals surface area contributed by atoms with E-state index in [4.69, 9.17) is 9.63 Å². The second kappa shape index (κ2) is 8.46. The minimum Gasteiger partial charge on any atom is -0.481 e. The molecule has 0 saturated heterocycles. The molecule has 0 saturated carbocycles. The van der Waals surface area contributed by atoms with Gasteiger partial charge in [0.15, 0.2) is 0 Å². The van der Waals surface area contributed by atoms with Crippen molar-refractivity contribution in [3.05, 3.63) is 0 Å². The van der Waals surface area contributed by atoms with Crippen LogP contribution in [-0.2, 0) is 9.32 Å². The molecule has 1 atom stereocenters. The van der Waals surface area contributed by atoms with Crippen molar-refractivity contribution < 1.29 is 14.4 Å². The van der Waals surface area contributed by atoms with Crippen molar-refractivity contribution in [3.8, 4) is 0 Å². The number of rotatable bonds is 8. The molecule has 0 heterocycles. The Morgan fingerprint density at radius 3 is 2.69 bits per heavy atom. The Morgan fingerprint density at radius 2 is 2.15 bits per heavy atom. The predicted molar refractivity (Wildman–Crippen MR) is 55.4 cm³/mol. The van der Waals surface area contributed by atoms with Gasteiger partial charge in [0, 0.05) is 14.6 Å². The lowest BCUT2D eigenvalue weighted by atomic mass is 10.3. The number of hydrogen-bond acceptors (Lipinski definition) is 2. The predicted octanol–water partition coefficient (Wildman–Crippen LogP) is 2.69. The molecule has 0 aliphatic rings. The smallest absolute Gasteiger partial charge is 0.303 e. The van der Waals surface area contributed by atoms with Gasteiger partial charge in [-0.3, -0.25) is 4.79 Å². The maximum absolute atomic E-state index is 10.2. The van der Waals surface area contributed by atoms with Gasteiger partial charge in [-0.05, 0) is 25.7 Å². The van der Waals surface area contributed by atoms with Gasteiger partial charge in [0.1, 0.15) is 0 Å². The van der Waals surface area contributed by atoms with Crippen LogP contribution in [0.4, 0.5) is 0 Å². The van der Waals surface area contributed by atoms with Crippen LogP contribution < -0.4 is 0 Å². The molecule has 0 bridgehead atoms. The van der Waals surface area contributed by atoms with Crippen LogP contribution in [0, 0.1) is 0 Å². The highest BCUT2D eigenvalue weighted by molar-refractivity contribution is 7.51. The number of unbranched alkanes of at least 4 members (excludes halogenated alkanes) is 1. The van der Waals surface area contributed by atoms with Gasteiger partial charge in [0.05, 0.1) is 6.61 Å². The first-order chi connectivity index (χ1) is 6.16. The Labute approximate surface area is 81.3 Å². The van der Waals surface area contributed by atoms with Crippen molar-refractivity contribution in [2.24, 2.45) is 0 Å². The molecule has 0 aliphatic heterocycles. The molecular weight excluding hydrogens is 187 g/mol. The van der Waals surface area contributed by atoms with Crippen molar-refractivity contribution in [2.75, 3.05) is 19.4 Å². The van der Waals surface area contributed by atoms with Gasteiger partial charge in [-0.15, -0.1) is 0 Å². The Kier molecular flexibility index (Phi) is 8.37. The van der Waals surface area contributed by atoms with E-state index in [1.165, 1.54) is 0 Å². The average molecular weight is 206 g/mol. The van der Waals surface area contributed by atoms with Gasteiger partial charge in [0.25, 0.3) is 0 Å². The fourth-order valence-corrected chi connectivity index (χ4v) is 2.06. The fraction of sp³-hybridized carbons (Fsp3) is 0.889. The number of hydrogen-bond donors (Lipinski definition) is 1. The zero-order valence-corrected chi connectivity index (χ0v) is 9.35.